The average molecular weight is 1010 g/mol. The third-order valence-corrected chi connectivity index (χ3v) is 15.5. The average Bonchev–Trinajstić information content (AvgIpc) is 3.38. The first-order chi connectivity index (χ1) is 35.6. The summed E-state index contributed by atoms with van der Waals surface area (Å²) in [5.41, 5.74) is 0.0936. The highest BCUT2D eigenvalue weighted by Crippen LogP contribution is 2.40. The molecule has 0 bridgehead atoms. The molecule has 0 unspecified atom stereocenters. The first kappa shape index (κ1) is 68.1. The number of carboxylic acid groups (broad SMARTS) is 1. The fourth-order valence-electron chi connectivity index (χ4n) is 10.6. The van der Waals surface area contributed by atoms with Crippen molar-refractivity contribution in [3.8, 4) is 17.2 Å². The molecule has 1 rings (SSSR count). The molecular formula is C67H125O5-. The number of carboxylic acids is 1. The number of ether oxygens (including phenoxy) is 3. The van der Waals surface area contributed by atoms with Crippen LogP contribution in [0.4, 0.5) is 0 Å². The van der Waals surface area contributed by atoms with Gasteiger partial charge in [-0.3, -0.25) is 0 Å². The summed E-state index contributed by atoms with van der Waals surface area (Å²) in [6, 6.07) is 3.19. The summed E-state index contributed by atoms with van der Waals surface area (Å²) in [5, 5.41) is 12.2. The summed E-state index contributed by atoms with van der Waals surface area (Å²) in [6.07, 6.45) is 72.7. The topological polar surface area (TPSA) is 67.8 Å². The highest BCUT2D eigenvalue weighted by Gasteiger charge is 2.17. The van der Waals surface area contributed by atoms with Crippen molar-refractivity contribution in [2.45, 2.75) is 367 Å². The molecule has 0 amide bonds. The van der Waals surface area contributed by atoms with E-state index in [1.54, 1.807) is 12.1 Å². The van der Waals surface area contributed by atoms with Crippen molar-refractivity contribution in [2.75, 3.05) is 19.8 Å². The lowest BCUT2D eigenvalue weighted by molar-refractivity contribution is -0.255. The fourth-order valence-corrected chi connectivity index (χ4v) is 10.6. The molecule has 0 spiro atoms. The van der Waals surface area contributed by atoms with Gasteiger partial charge in [-0.25, -0.2) is 0 Å². The second kappa shape index (κ2) is 56.8. The van der Waals surface area contributed by atoms with Crippen molar-refractivity contribution in [2.24, 2.45) is 0 Å². The van der Waals surface area contributed by atoms with Gasteiger partial charge in [0, 0.05) is 5.56 Å². The van der Waals surface area contributed by atoms with Crippen LogP contribution < -0.4 is 19.3 Å². The van der Waals surface area contributed by atoms with E-state index in [0.29, 0.717) is 37.1 Å². The minimum atomic E-state index is -1.21. The lowest BCUT2D eigenvalue weighted by atomic mass is 10.0. The van der Waals surface area contributed by atoms with Gasteiger partial charge in [0.2, 0.25) is 5.75 Å². The first-order valence-electron chi connectivity index (χ1n) is 32.9. The van der Waals surface area contributed by atoms with Crippen LogP contribution in [0.2, 0.25) is 0 Å². The molecule has 0 fully saturated rings. The zero-order valence-electron chi connectivity index (χ0n) is 49.0. The minimum Gasteiger partial charge on any atom is -0.545 e. The van der Waals surface area contributed by atoms with E-state index in [0.717, 1.165) is 38.5 Å². The Labute approximate surface area is 450 Å². The highest BCUT2D eigenvalue weighted by atomic mass is 16.5. The fraction of sp³-hybridized carbons (Fsp3) is 0.896. The molecule has 72 heavy (non-hydrogen) atoms. The Balaban J connectivity index is 2.43. The zero-order chi connectivity index (χ0) is 51.7. The molecule has 0 atom stereocenters. The van der Waals surface area contributed by atoms with Crippen LogP contribution in [-0.4, -0.2) is 25.8 Å². The largest absolute Gasteiger partial charge is 0.545 e. The lowest BCUT2D eigenvalue weighted by Gasteiger charge is -2.19. The van der Waals surface area contributed by atoms with E-state index in [2.05, 4.69) is 20.8 Å². The van der Waals surface area contributed by atoms with Crippen molar-refractivity contribution in [1.29, 1.82) is 0 Å². The Kier molecular flexibility index (Phi) is 53.7. The summed E-state index contributed by atoms with van der Waals surface area (Å²) >= 11 is 0. The summed E-state index contributed by atoms with van der Waals surface area (Å²) in [4.78, 5) is 12.2. The van der Waals surface area contributed by atoms with Gasteiger partial charge in [-0.2, -0.15) is 0 Å². The molecule has 0 aliphatic rings. The molecule has 424 valence electrons. The summed E-state index contributed by atoms with van der Waals surface area (Å²) in [7, 11) is 0. The number of hydrogen-bond acceptors (Lipinski definition) is 5. The van der Waals surface area contributed by atoms with Crippen molar-refractivity contribution in [3.05, 3.63) is 17.7 Å². The minimum absolute atomic E-state index is 0.0936. The summed E-state index contributed by atoms with van der Waals surface area (Å²) in [5.74, 6) is 0.329. The van der Waals surface area contributed by atoms with E-state index in [-0.39, 0.29) is 5.56 Å². The molecule has 5 nitrogen and oxygen atoms in total. The Morgan fingerprint density at radius 1 is 0.278 bits per heavy atom. The van der Waals surface area contributed by atoms with Gasteiger partial charge in [-0.15, -0.1) is 0 Å². The molecule has 0 N–H and O–H groups in total. The van der Waals surface area contributed by atoms with Crippen LogP contribution in [0.5, 0.6) is 17.2 Å². The molecule has 0 saturated heterocycles. The molecule has 1 aromatic rings. The monoisotopic (exact) mass is 1010 g/mol. The molecule has 0 saturated carbocycles. The van der Waals surface area contributed by atoms with Gasteiger partial charge in [0.05, 0.1) is 25.8 Å². The smallest absolute Gasteiger partial charge is 0.203 e. The van der Waals surface area contributed by atoms with Crippen LogP contribution in [0.25, 0.3) is 0 Å². The Morgan fingerprint density at radius 3 is 0.625 bits per heavy atom. The molecule has 1 aromatic carbocycles. The zero-order valence-corrected chi connectivity index (χ0v) is 49.0. The van der Waals surface area contributed by atoms with Gasteiger partial charge in [0.1, 0.15) is 0 Å². The van der Waals surface area contributed by atoms with E-state index in [1.807, 2.05) is 0 Å². The van der Waals surface area contributed by atoms with Crippen molar-refractivity contribution in [1.82, 2.24) is 0 Å². The van der Waals surface area contributed by atoms with Crippen LogP contribution >= 0.6 is 0 Å². The molecule has 0 aliphatic heterocycles. The first-order valence-corrected chi connectivity index (χ1v) is 32.9. The molecule has 0 aliphatic carbocycles. The Hall–Kier alpha value is -1.91. The lowest BCUT2D eigenvalue weighted by Crippen LogP contribution is -2.22. The van der Waals surface area contributed by atoms with Crippen molar-refractivity contribution < 1.29 is 24.1 Å². The van der Waals surface area contributed by atoms with Crippen molar-refractivity contribution in [3.63, 3.8) is 0 Å². The van der Waals surface area contributed by atoms with E-state index >= 15 is 0 Å². The van der Waals surface area contributed by atoms with Crippen LogP contribution in [0.3, 0.4) is 0 Å². The van der Waals surface area contributed by atoms with Crippen molar-refractivity contribution >= 4 is 5.97 Å². The number of unbranched alkanes of at least 4 members (excludes halogenated alkanes) is 51. The normalized spacial score (nSPS) is 11.5. The number of rotatable bonds is 61. The predicted octanol–water partition coefficient (Wildman–Crippen LogP) is 22.3. The molecule has 0 radical (unpaired) electrons. The summed E-state index contributed by atoms with van der Waals surface area (Å²) < 4.78 is 19.1. The second-order valence-electron chi connectivity index (χ2n) is 22.7. The van der Waals surface area contributed by atoms with Crippen LogP contribution in [0, 0.1) is 0 Å². The maximum absolute atomic E-state index is 12.2. The van der Waals surface area contributed by atoms with Gasteiger partial charge in [-0.05, 0) is 31.4 Å². The standard InChI is InChI=1S/C67H126O5/c1-4-7-10-13-16-19-22-25-28-31-34-37-40-43-46-49-52-55-58-70-64-61-63(67(68)69)62-65(71-59-56-53-50-47-44-41-38-35-32-29-26-23-20-17-14-11-8-5-2)66(64)72-60-57-54-51-48-45-42-39-36-33-30-27-24-21-18-15-12-9-6-3/h61-62H,4-60H2,1-3H3,(H,68,69)/p-1. The van der Waals surface area contributed by atoms with E-state index < -0.39 is 5.97 Å². The number of carbonyl (C=O) groups is 1. The SMILES string of the molecule is CCCCCCCCCCCCCCCCCCCCOc1cc(C(=O)[O-])cc(OCCCCCCCCCCCCCCCCCCCC)c1OCCCCCCCCCCCCCCCCCCCC. The van der Waals surface area contributed by atoms with E-state index in [4.69, 9.17) is 14.2 Å². The third kappa shape index (κ3) is 46.6. The van der Waals surface area contributed by atoms with Gasteiger partial charge in [-0.1, -0.05) is 348 Å². The van der Waals surface area contributed by atoms with Crippen LogP contribution in [0.1, 0.15) is 378 Å². The Morgan fingerprint density at radius 2 is 0.444 bits per heavy atom. The Bertz CT molecular complexity index is 1170. The van der Waals surface area contributed by atoms with Gasteiger partial charge in [0.25, 0.3) is 0 Å². The number of hydrogen-bond donors (Lipinski definition) is 0. The number of aromatic carboxylic acids is 1. The van der Waals surface area contributed by atoms with E-state index in [1.165, 1.54) is 308 Å². The van der Waals surface area contributed by atoms with Gasteiger partial charge >= 0.3 is 0 Å². The third-order valence-electron chi connectivity index (χ3n) is 15.5. The highest BCUT2D eigenvalue weighted by molar-refractivity contribution is 5.87. The maximum Gasteiger partial charge on any atom is 0.203 e. The molecule has 0 heterocycles. The quantitative estimate of drug-likeness (QED) is 0.0608. The summed E-state index contributed by atoms with van der Waals surface area (Å²) in [6.45, 7) is 8.56. The van der Waals surface area contributed by atoms with E-state index in [9.17, 15) is 9.90 Å². The molecule has 0 aromatic heterocycles. The maximum atomic E-state index is 12.2. The number of benzene rings is 1. The molecular weight excluding hydrogens is 885 g/mol. The van der Waals surface area contributed by atoms with Gasteiger partial charge < -0.3 is 24.1 Å². The van der Waals surface area contributed by atoms with Crippen LogP contribution in [0.15, 0.2) is 12.1 Å². The van der Waals surface area contributed by atoms with Gasteiger partial charge in [0.15, 0.2) is 11.5 Å². The molecule has 5 heteroatoms. The predicted molar refractivity (Wildman–Crippen MR) is 314 cm³/mol. The number of carbonyl (C=O) groups excluding carboxylic acids is 1. The van der Waals surface area contributed by atoms with Crippen LogP contribution in [-0.2, 0) is 0 Å². The second-order valence-corrected chi connectivity index (χ2v) is 22.7.